The average Bonchev–Trinajstić information content (AvgIpc) is 2.46. The van der Waals surface area contributed by atoms with E-state index in [4.69, 9.17) is 4.74 Å². The van der Waals surface area contributed by atoms with Gasteiger partial charge < -0.3 is 19.6 Å². The van der Waals surface area contributed by atoms with Crippen molar-refractivity contribution in [1.82, 2.24) is 9.80 Å². The van der Waals surface area contributed by atoms with Gasteiger partial charge >= 0.3 is 12.0 Å². The summed E-state index contributed by atoms with van der Waals surface area (Å²) in [5.74, 6) is -0.471. The largest absolute Gasteiger partial charge is 0.480 e. The first kappa shape index (κ1) is 16.1. The zero-order chi connectivity index (χ0) is 15.6. The quantitative estimate of drug-likeness (QED) is 0.841. The lowest BCUT2D eigenvalue weighted by Crippen LogP contribution is -2.58. The minimum atomic E-state index is -0.899. The van der Waals surface area contributed by atoms with Crippen LogP contribution in [0.25, 0.3) is 0 Å². The number of carboxylic acids is 1. The minimum absolute atomic E-state index is 0.00198. The highest BCUT2D eigenvalue weighted by Crippen LogP contribution is 2.27. The molecule has 4 atom stereocenters. The maximum Gasteiger partial charge on any atom is 0.326 e. The van der Waals surface area contributed by atoms with Crippen LogP contribution in [0.5, 0.6) is 0 Å². The van der Waals surface area contributed by atoms with E-state index < -0.39 is 12.0 Å². The van der Waals surface area contributed by atoms with Crippen molar-refractivity contribution < 1.29 is 19.4 Å². The first-order chi connectivity index (χ1) is 9.95. The van der Waals surface area contributed by atoms with E-state index >= 15 is 0 Å². The summed E-state index contributed by atoms with van der Waals surface area (Å²) < 4.78 is 5.44. The molecule has 0 saturated carbocycles. The summed E-state index contributed by atoms with van der Waals surface area (Å²) in [5, 5.41) is 9.43. The van der Waals surface area contributed by atoms with Crippen molar-refractivity contribution >= 4 is 12.0 Å². The van der Waals surface area contributed by atoms with Crippen LogP contribution in [0.2, 0.25) is 0 Å². The van der Waals surface area contributed by atoms with Crippen LogP contribution in [0, 0.1) is 11.8 Å². The molecule has 6 heteroatoms. The summed E-state index contributed by atoms with van der Waals surface area (Å²) in [6.07, 6.45) is 2.66. The number of likely N-dealkylation sites (tertiary alicyclic amines) is 2. The number of carboxylic acid groups (broad SMARTS) is 1. The van der Waals surface area contributed by atoms with Gasteiger partial charge in [0.25, 0.3) is 0 Å². The molecule has 6 nitrogen and oxygen atoms in total. The Hall–Kier alpha value is -1.30. The molecule has 21 heavy (non-hydrogen) atoms. The van der Waals surface area contributed by atoms with E-state index in [1.165, 1.54) is 0 Å². The molecule has 2 aliphatic rings. The summed E-state index contributed by atoms with van der Waals surface area (Å²) in [6.45, 7) is 5.79. The monoisotopic (exact) mass is 298 g/mol. The third-order valence-electron chi connectivity index (χ3n) is 4.89. The van der Waals surface area contributed by atoms with Gasteiger partial charge in [-0.3, -0.25) is 0 Å². The lowest BCUT2D eigenvalue weighted by atomic mass is 9.90. The second kappa shape index (κ2) is 6.64. The normalized spacial score (nSPS) is 33.9. The highest BCUT2D eigenvalue weighted by atomic mass is 16.5. The van der Waals surface area contributed by atoms with Crippen molar-refractivity contribution in [2.24, 2.45) is 11.8 Å². The Morgan fingerprint density at radius 2 is 1.86 bits per heavy atom. The van der Waals surface area contributed by atoms with Gasteiger partial charge in [0, 0.05) is 26.7 Å². The second-order valence-electron chi connectivity index (χ2n) is 6.36. The number of rotatable bonds is 2. The molecule has 2 heterocycles. The van der Waals surface area contributed by atoms with Crippen molar-refractivity contribution in [3.8, 4) is 0 Å². The fraction of sp³-hybridized carbons (Fsp3) is 0.867. The number of urea groups is 1. The predicted molar refractivity (Wildman–Crippen MR) is 78.1 cm³/mol. The summed E-state index contributed by atoms with van der Waals surface area (Å²) >= 11 is 0. The molecule has 2 rings (SSSR count). The van der Waals surface area contributed by atoms with Crippen LogP contribution in [0.1, 0.15) is 33.1 Å². The summed E-state index contributed by atoms with van der Waals surface area (Å²) in [7, 11) is 1.66. The molecule has 2 saturated heterocycles. The second-order valence-corrected chi connectivity index (χ2v) is 6.36. The van der Waals surface area contributed by atoms with Crippen LogP contribution < -0.4 is 0 Å². The molecule has 0 spiro atoms. The van der Waals surface area contributed by atoms with Gasteiger partial charge in [-0.05, 0) is 31.1 Å². The standard InChI is InChI=1S/C15H26N2O4/c1-10-6-8-16(9-12(10)21-3)15(20)17-7-4-5-11(2)13(17)14(18)19/h10-13H,4-9H2,1-3H3,(H,18,19). The average molecular weight is 298 g/mol. The molecule has 0 aromatic heterocycles. The molecule has 1 N–H and O–H groups in total. The predicted octanol–water partition coefficient (Wildman–Crippen LogP) is 1.65. The van der Waals surface area contributed by atoms with E-state index in [1.54, 1.807) is 16.9 Å². The van der Waals surface area contributed by atoms with Crippen molar-refractivity contribution in [3.05, 3.63) is 0 Å². The Morgan fingerprint density at radius 3 is 2.48 bits per heavy atom. The van der Waals surface area contributed by atoms with E-state index in [9.17, 15) is 14.7 Å². The zero-order valence-electron chi connectivity index (χ0n) is 13.1. The van der Waals surface area contributed by atoms with Crippen LogP contribution in [-0.4, -0.2) is 65.8 Å². The number of carbonyl (C=O) groups is 2. The molecule has 0 aliphatic carbocycles. The Kier molecular flexibility index (Phi) is 5.08. The number of amides is 2. The van der Waals surface area contributed by atoms with Crippen molar-refractivity contribution in [1.29, 1.82) is 0 Å². The number of hydrogen-bond acceptors (Lipinski definition) is 3. The van der Waals surface area contributed by atoms with Gasteiger partial charge in [0.2, 0.25) is 0 Å². The number of methoxy groups -OCH3 is 1. The fourth-order valence-electron chi connectivity index (χ4n) is 3.48. The van der Waals surface area contributed by atoms with Crippen molar-refractivity contribution in [2.75, 3.05) is 26.7 Å². The summed E-state index contributed by atoms with van der Waals surface area (Å²) in [6, 6.07) is -0.852. The molecule has 0 radical (unpaired) electrons. The zero-order valence-corrected chi connectivity index (χ0v) is 13.1. The molecule has 0 aromatic rings. The van der Waals surface area contributed by atoms with E-state index in [1.807, 2.05) is 6.92 Å². The molecule has 0 bridgehead atoms. The van der Waals surface area contributed by atoms with Crippen LogP contribution in [0.4, 0.5) is 4.79 Å². The van der Waals surface area contributed by atoms with E-state index in [0.717, 1.165) is 19.3 Å². The minimum Gasteiger partial charge on any atom is -0.480 e. The molecule has 120 valence electrons. The number of carbonyl (C=O) groups excluding carboxylic acids is 1. The summed E-state index contributed by atoms with van der Waals surface area (Å²) in [4.78, 5) is 27.5. The maximum absolute atomic E-state index is 12.7. The number of ether oxygens (including phenoxy) is 1. The van der Waals surface area contributed by atoms with E-state index in [2.05, 4.69) is 6.92 Å². The van der Waals surface area contributed by atoms with Gasteiger partial charge in [0.05, 0.1) is 6.10 Å². The van der Waals surface area contributed by atoms with Gasteiger partial charge in [-0.1, -0.05) is 13.8 Å². The third kappa shape index (κ3) is 3.31. The summed E-state index contributed by atoms with van der Waals surface area (Å²) in [5.41, 5.74) is 0. The number of hydrogen-bond donors (Lipinski definition) is 1. The molecular weight excluding hydrogens is 272 g/mol. The fourth-order valence-corrected chi connectivity index (χ4v) is 3.48. The lowest BCUT2D eigenvalue weighted by Gasteiger charge is -2.43. The smallest absolute Gasteiger partial charge is 0.326 e. The molecular formula is C15H26N2O4. The van der Waals surface area contributed by atoms with E-state index in [0.29, 0.717) is 25.6 Å². The van der Waals surface area contributed by atoms with Gasteiger partial charge in [-0.2, -0.15) is 0 Å². The number of piperidine rings is 2. The van der Waals surface area contributed by atoms with Crippen molar-refractivity contribution in [2.45, 2.75) is 45.3 Å². The van der Waals surface area contributed by atoms with Gasteiger partial charge in [0.1, 0.15) is 6.04 Å². The first-order valence-corrected chi connectivity index (χ1v) is 7.76. The number of nitrogens with zero attached hydrogens (tertiary/aromatic N) is 2. The van der Waals surface area contributed by atoms with E-state index in [-0.39, 0.29) is 18.1 Å². The number of aliphatic carboxylic acids is 1. The molecule has 2 fully saturated rings. The Bertz CT molecular complexity index is 401. The Morgan fingerprint density at radius 1 is 1.14 bits per heavy atom. The van der Waals surface area contributed by atoms with Gasteiger partial charge in [-0.25, -0.2) is 9.59 Å². The highest BCUT2D eigenvalue weighted by molar-refractivity contribution is 5.83. The molecule has 0 aromatic carbocycles. The van der Waals surface area contributed by atoms with Crippen LogP contribution in [0.15, 0.2) is 0 Å². The first-order valence-electron chi connectivity index (χ1n) is 7.76. The van der Waals surface area contributed by atoms with Gasteiger partial charge in [-0.15, -0.1) is 0 Å². The lowest BCUT2D eigenvalue weighted by molar-refractivity contribution is -0.145. The van der Waals surface area contributed by atoms with Crippen molar-refractivity contribution in [3.63, 3.8) is 0 Å². The molecule has 2 aliphatic heterocycles. The Balaban J connectivity index is 2.09. The highest BCUT2D eigenvalue weighted by Gasteiger charge is 2.40. The topological polar surface area (TPSA) is 70.1 Å². The Labute approximate surface area is 126 Å². The molecule has 2 amide bonds. The third-order valence-corrected chi connectivity index (χ3v) is 4.89. The molecule has 4 unspecified atom stereocenters. The SMILES string of the molecule is COC1CN(C(=O)N2CCCC(C)C2C(=O)O)CCC1C. The maximum atomic E-state index is 12.7. The van der Waals surface area contributed by atoms with Gasteiger partial charge in [0.15, 0.2) is 0 Å². The van der Waals surface area contributed by atoms with Crippen LogP contribution in [0.3, 0.4) is 0 Å². The van der Waals surface area contributed by atoms with Crippen LogP contribution >= 0.6 is 0 Å². The van der Waals surface area contributed by atoms with Crippen LogP contribution in [-0.2, 0) is 9.53 Å².